The highest BCUT2D eigenvalue weighted by molar-refractivity contribution is 9.10. The first-order valence-corrected chi connectivity index (χ1v) is 7.95. The van der Waals surface area contributed by atoms with Gasteiger partial charge in [-0.25, -0.2) is 9.97 Å². The standard InChI is InChI=1S/C15H16BrN5O2/c16-11-1-2-13-12(9-11)18-10-21(13)14-3-4-17-15(19-14)20(5-7-22)6-8-23/h1-4,9-10,22-23H,5-8H2. The Balaban J connectivity index is 2.00. The molecular formula is C15H16BrN5O2. The summed E-state index contributed by atoms with van der Waals surface area (Å²) in [6.45, 7) is 0.661. The molecule has 3 aromatic rings. The third kappa shape index (κ3) is 3.34. The number of imidazole rings is 1. The molecule has 0 aliphatic carbocycles. The van der Waals surface area contributed by atoms with E-state index >= 15 is 0 Å². The SMILES string of the molecule is OCCN(CCO)c1nccc(-n2cnc3cc(Br)ccc32)n1. The lowest BCUT2D eigenvalue weighted by atomic mass is 10.3. The highest BCUT2D eigenvalue weighted by Gasteiger charge is 2.11. The summed E-state index contributed by atoms with van der Waals surface area (Å²) in [4.78, 5) is 14.9. The minimum Gasteiger partial charge on any atom is -0.395 e. The van der Waals surface area contributed by atoms with Crippen molar-refractivity contribution in [2.24, 2.45) is 0 Å². The Morgan fingerprint density at radius 3 is 2.61 bits per heavy atom. The number of nitrogens with zero attached hydrogens (tertiary/aromatic N) is 5. The molecule has 0 spiro atoms. The molecule has 0 radical (unpaired) electrons. The van der Waals surface area contributed by atoms with Crippen molar-refractivity contribution in [1.29, 1.82) is 0 Å². The van der Waals surface area contributed by atoms with E-state index in [1.807, 2.05) is 22.8 Å². The zero-order valence-electron chi connectivity index (χ0n) is 12.3. The van der Waals surface area contributed by atoms with Crippen LogP contribution in [0.5, 0.6) is 0 Å². The molecule has 3 rings (SSSR count). The van der Waals surface area contributed by atoms with Crippen LogP contribution in [0.1, 0.15) is 0 Å². The second-order valence-electron chi connectivity index (χ2n) is 4.90. The maximum atomic E-state index is 9.15. The van der Waals surface area contributed by atoms with E-state index in [1.54, 1.807) is 23.5 Å². The Morgan fingerprint density at radius 1 is 1.09 bits per heavy atom. The number of halogens is 1. The smallest absolute Gasteiger partial charge is 0.227 e. The van der Waals surface area contributed by atoms with Crippen molar-refractivity contribution in [1.82, 2.24) is 19.5 Å². The van der Waals surface area contributed by atoms with Gasteiger partial charge >= 0.3 is 0 Å². The van der Waals surface area contributed by atoms with Crippen molar-refractivity contribution in [2.75, 3.05) is 31.2 Å². The fourth-order valence-corrected chi connectivity index (χ4v) is 2.70. The number of aliphatic hydroxyl groups is 2. The third-order valence-electron chi connectivity index (χ3n) is 3.41. The van der Waals surface area contributed by atoms with Crippen LogP contribution in [-0.4, -0.2) is 56.0 Å². The summed E-state index contributed by atoms with van der Waals surface area (Å²) in [6, 6.07) is 7.65. The van der Waals surface area contributed by atoms with E-state index in [4.69, 9.17) is 10.2 Å². The Labute approximate surface area is 141 Å². The average molecular weight is 378 g/mol. The number of aromatic nitrogens is 4. The first-order chi connectivity index (χ1) is 11.2. The molecule has 2 aromatic heterocycles. The minimum atomic E-state index is -0.0321. The Hall–Kier alpha value is -2.03. The number of anilines is 1. The summed E-state index contributed by atoms with van der Waals surface area (Å²) < 4.78 is 2.85. The molecule has 0 saturated carbocycles. The van der Waals surface area contributed by atoms with E-state index in [1.165, 1.54) is 0 Å². The minimum absolute atomic E-state index is 0.0321. The van der Waals surface area contributed by atoms with Crippen molar-refractivity contribution in [3.05, 3.63) is 41.3 Å². The number of fused-ring (bicyclic) bond motifs is 1. The molecule has 2 heterocycles. The zero-order valence-corrected chi connectivity index (χ0v) is 13.9. The fraction of sp³-hybridized carbons (Fsp3) is 0.267. The number of rotatable bonds is 6. The largest absolute Gasteiger partial charge is 0.395 e. The quantitative estimate of drug-likeness (QED) is 0.674. The summed E-state index contributed by atoms with van der Waals surface area (Å²) in [6.07, 6.45) is 3.37. The van der Waals surface area contributed by atoms with Crippen LogP contribution in [0.3, 0.4) is 0 Å². The van der Waals surface area contributed by atoms with Gasteiger partial charge in [0.2, 0.25) is 5.95 Å². The van der Waals surface area contributed by atoms with Crippen molar-refractivity contribution < 1.29 is 10.2 Å². The Kier molecular flexibility index (Phi) is 4.85. The molecule has 0 amide bonds. The van der Waals surface area contributed by atoms with Crippen LogP contribution in [0.15, 0.2) is 41.3 Å². The second kappa shape index (κ2) is 7.03. The monoisotopic (exact) mass is 377 g/mol. The number of benzene rings is 1. The van der Waals surface area contributed by atoms with E-state index in [0.717, 1.165) is 15.5 Å². The van der Waals surface area contributed by atoms with Crippen LogP contribution >= 0.6 is 15.9 Å². The van der Waals surface area contributed by atoms with Gasteiger partial charge in [-0.15, -0.1) is 0 Å². The van der Waals surface area contributed by atoms with Crippen molar-refractivity contribution in [3.63, 3.8) is 0 Å². The maximum absolute atomic E-state index is 9.15. The molecule has 0 aliphatic rings. The van der Waals surface area contributed by atoms with Gasteiger partial charge in [0.15, 0.2) is 0 Å². The van der Waals surface area contributed by atoms with Gasteiger partial charge in [-0.1, -0.05) is 15.9 Å². The maximum Gasteiger partial charge on any atom is 0.227 e. The van der Waals surface area contributed by atoms with Crippen LogP contribution in [0.25, 0.3) is 16.9 Å². The normalized spacial score (nSPS) is 11.1. The van der Waals surface area contributed by atoms with E-state index in [9.17, 15) is 0 Å². The molecule has 120 valence electrons. The molecule has 8 heteroatoms. The van der Waals surface area contributed by atoms with Crippen LogP contribution in [-0.2, 0) is 0 Å². The summed E-state index contributed by atoms with van der Waals surface area (Å²) in [5, 5.41) is 18.3. The lowest BCUT2D eigenvalue weighted by Gasteiger charge is -2.20. The molecule has 7 nitrogen and oxygen atoms in total. The van der Waals surface area contributed by atoms with E-state index in [2.05, 4.69) is 30.9 Å². The number of hydrogen-bond acceptors (Lipinski definition) is 6. The zero-order chi connectivity index (χ0) is 16.2. The van der Waals surface area contributed by atoms with Gasteiger partial charge in [0.1, 0.15) is 12.1 Å². The first kappa shape index (κ1) is 15.9. The third-order valence-corrected chi connectivity index (χ3v) is 3.90. The van der Waals surface area contributed by atoms with Gasteiger partial charge in [-0.3, -0.25) is 4.57 Å². The molecule has 0 bridgehead atoms. The molecule has 0 saturated heterocycles. The molecule has 0 atom stereocenters. The second-order valence-corrected chi connectivity index (χ2v) is 5.81. The van der Waals surface area contributed by atoms with Gasteiger partial charge in [-0.2, -0.15) is 4.98 Å². The predicted octanol–water partition coefficient (Wildman–Crippen LogP) is 1.37. The van der Waals surface area contributed by atoms with E-state index in [0.29, 0.717) is 24.9 Å². The van der Waals surface area contributed by atoms with Crippen molar-refractivity contribution >= 4 is 32.9 Å². The average Bonchev–Trinajstić information content (AvgIpc) is 2.97. The van der Waals surface area contributed by atoms with Gasteiger partial charge in [0, 0.05) is 23.8 Å². The summed E-state index contributed by atoms with van der Waals surface area (Å²) >= 11 is 3.43. The van der Waals surface area contributed by atoms with Gasteiger partial charge in [0.05, 0.1) is 24.2 Å². The fourth-order valence-electron chi connectivity index (χ4n) is 2.35. The van der Waals surface area contributed by atoms with Gasteiger partial charge < -0.3 is 15.1 Å². The van der Waals surface area contributed by atoms with Crippen molar-refractivity contribution in [2.45, 2.75) is 0 Å². The van der Waals surface area contributed by atoms with Gasteiger partial charge in [-0.05, 0) is 24.3 Å². The molecule has 1 aromatic carbocycles. The lowest BCUT2D eigenvalue weighted by Crippen LogP contribution is -2.31. The van der Waals surface area contributed by atoms with Crippen molar-refractivity contribution in [3.8, 4) is 5.82 Å². The summed E-state index contributed by atoms with van der Waals surface area (Å²) in [5.41, 5.74) is 1.80. The molecule has 23 heavy (non-hydrogen) atoms. The van der Waals surface area contributed by atoms with Crippen LogP contribution in [0, 0.1) is 0 Å². The molecule has 0 unspecified atom stereocenters. The topological polar surface area (TPSA) is 87.3 Å². The van der Waals surface area contributed by atoms with Crippen LogP contribution in [0.2, 0.25) is 0 Å². The first-order valence-electron chi connectivity index (χ1n) is 7.15. The highest BCUT2D eigenvalue weighted by Crippen LogP contribution is 2.21. The molecule has 2 N–H and O–H groups in total. The van der Waals surface area contributed by atoms with Crippen LogP contribution in [0.4, 0.5) is 5.95 Å². The Bertz CT molecular complexity index is 801. The molecule has 0 fully saturated rings. The molecule has 0 aliphatic heterocycles. The predicted molar refractivity (Wildman–Crippen MR) is 90.7 cm³/mol. The highest BCUT2D eigenvalue weighted by atomic mass is 79.9. The molecular weight excluding hydrogens is 362 g/mol. The Morgan fingerprint density at radius 2 is 1.87 bits per heavy atom. The summed E-state index contributed by atoms with van der Waals surface area (Å²) in [5.74, 6) is 1.14. The van der Waals surface area contributed by atoms with Gasteiger partial charge in [0.25, 0.3) is 0 Å². The number of hydrogen-bond donors (Lipinski definition) is 2. The van der Waals surface area contributed by atoms with E-state index < -0.39 is 0 Å². The lowest BCUT2D eigenvalue weighted by molar-refractivity contribution is 0.280. The van der Waals surface area contributed by atoms with E-state index in [-0.39, 0.29) is 13.2 Å². The van der Waals surface area contributed by atoms with Crippen LogP contribution < -0.4 is 4.90 Å². The summed E-state index contributed by atoms with van der Waals surface area (Å²) in [7, 11) is 0. The number of aliphatic hydroxyl groups excluding tert-OH is 2.